The summed E-state index contributed by atoms with van der Waals surface area (Å²) in [6.45, 7) is 1.68. The summed E-state index contributed by atoms with van der Waals surface area (Å²) in [5, 5.41) is 7.34. The van der Waals surface area contributed by atoms with Gasteiger partial charge in [0.05, 0.1) is 17.2 Å². The van der Waals surface area contributed by atoms with Crippen molar-refractivity contribution in [3.63, 3.8) is 0 Å². The number of benzene rings is 2. The average molecular weight is 511 g/mol. The number of amides is 2. The van der Waals surface area contributed by atoms with Crippen LogP contribution in [0.5, 0.6) is 0 Å². The second-order valence-electron chi connectivity index (χ2n) is 7.58. The number of methoxy groups -OCH3 is 1. The number of aromatic nitrogens is 2. The van der Waals surface area contributed by atoms with Gasteiger partial charge in [-0.2, -0.15) is 5.10 Å². The van der Waals surface area contributed by atoms with Crippen LogP contribution in [0, 0.1) is 0 Å². The monoisotopic (exact) mass is 510 g/mol. The number of nitrogens with two attached hydrogens (primary N) is 1. The molecule has 0 spiro atoms. The van der Waals surface area contributed by atoms with Gasteiger partial charge in [0.25, 0.3) is 12.3 Å². The van der Waals surface area contributed by atoms with Crippen LogP contribution in [-0.2, 0) is 11.8 Å². The molecule has 11 heteroatoms. The van der Waals surface area contributed by atoms with E-state index in [1.165, 1.54) is 43.2 Å². The minimum absolute atomic E-state index is 0.0161. The quantitative estimate of drug-likeness (QED) is 0.448. The van der Waals surface area contributed by atoms with Gasteiger partial charge in [-0.25, -0.2) is 8.78 Å². The molecule has 0 aliphatic heterocycles. The van der Waals surface area contributed by atoms with E-state index in [0.717, 1.165) is 0 Å². The van der Waals surface area contributed by atoms with Gasteiger partial charge in [-0.1, -0.05) is 41.4 Å². The Balaban J connectivity index is 2.05. The Kier molecular flexibility index (Phi) is 7.91. The van der Waals surface area contributed by atoms with Crippen LogP contribution in [0.25, 0.3) is 11.1 Å². The minimum atomic E-state index is -2.90. The van der Waals surface area contributed by atoms with Gasteiger partial charge in [0.2, 0.25) is 5.91 Å². The Hall–Kier alpha value is -3.01. The first-order chi connectivity index (χ1) is 16.0. The van der Waals surface area contributed by atoms with E-state index in [0.29, 0.717) is 15.6 Å². The first-order valence-corrected chi connectivity index (χ1v) is 10.8. The van der Waals surface area contributed by atoms with Crippen molar-refractivity contribution in [1.29, 1.82) is 0 Å². The number of rotatable bonds is 8. The lowest BCUT2D eigenvalue weighted by Gasteiger charge is -2.26. The summed E-state index contributed by atoms with van der Waals surface area (Å²) in [5.74, 6) is -1.58. The highest BCUT2D eigenvalue weighted by molar-refractivity contribution is 6.35. The van der Waals surface area contributed by atoms with E-state index in [1.807, 2.05) is 0 Å². The summed E-state index contributed by atoms with van der Waals surface area (Å²) >= 11 is 12.3. The molecule has 2 unspecified atom stereocenters. The fourth-order valence-corrected chi connectivity index (χ4v) is 4.30. The molecule has 34 heavy (non-hydrogen) atoms. The van der Waals surface area contributed by atoms with Gasteiger partial charge < -0.3 is 15.8 Å². The Morgan fingerprint density at radius 1 is 1.18 bits per heavy atom. The molecular weight excluding hydrogens is 489 g/mol. The van der Waals surface area contributed by atoms with Gasteiger partial charge in [0.1, 0.15) is 11.8 Å². The Labute approximate surface area is 204 Å². The lowest BCUT2D eigenvalue weighted by Crippen LogP contribution is -2.39. The third-order valence-electron chi connectivity index (χ3n) is 5.25. The fourth-order valence-electron chi connectivity index (χ4n) is 3.79. The normalized spacial score (nSPS) is 13.1. The molecule has 1 aromatic heterocycles. The Bertz CT molecular complexity index is 1230. The van der Waals surface area contributed by atoms with E-state index in [-0.39, 0.29) is 22.3 Å². The zero-order valence-electron chi connectivity index (χ0n) is 18.5. The van der Waals surface area contributed by atoms with E-state index >= 15 is 0 Å². The summed E-state index contributed by atoms with van der Waals surface area (Å²) in [7, 11) is 2.93. The number of primary amides is 1. The van der Waals surface area contributed by atoms with Crippen LogP contribution in [0.4, 0.5) is 8.78 Å². The van der Waals surface area contributed by atoms with Gasteiger partial charge in [-0.05, 0) is 30.7 Å². The topological polar surface area (TPSA) is 99.2 Å². The first kappa shape index (κ1) is 25.6. The molecule has 180 valence electrons. The number of alkyl halides is 2. The van der Waals surface area contributed by atoms with Crippen molar-refractivity contribution in [3.8, 4) is 11.1 Å². The Morgan fingerprint density at radius 2 is 1.88 bits per heavy atom. The highest BCUT2D eigenvalue weighted by Crippen LogP contribution is 2.34. The summed E-state index contributed by atoms with van der Waals surface area (Å²) in [6.07, 6.45) is -2.21. The van der Waals surface area contributed by atoms with Crippen molar-refractivity contribution < 1.29 is 23.1 Å². The number of nitrogens with one attached hydrogen (secondary N) is 1. The largest absolute Gasteiger partial charge is 0.375 e. The van der Waals surface area contributed by atoms with Gasteiger partial charge in [-0.3, -0.25) is 14.3 Å². The molecule has 0 saturated carbocycles. The standard InChI is InChI=1S/C23H22Cl2F2N4O3/c1-11(20(34-3)14-8-7-12(24)9-17(14)25)29-23(33)18-13(5-4-6-15(18)22(28)32)16-10-31(2)30-19(16)21(26)27/h4-11,20-21H,1-3H3,(H2,28,32)(H,29,33). The van der Waals surface area contributed by atoms with E-state index in [1.54, 1.807) is 25.1 Å². The van der Waals surface area contributed by atoms with Crippen LogP contribution in [-0.4, -0.2) is 34.7 Å². The molecule has 2 aromatic carbocycles. The lowest BCUT2D eigenvalue weighted by molar-refractivity contribution is 0.0644. The van der Waals surface area contributed by atoms with Gasteiger partial charge in [0.15, 0.2) is 0 Å². The highest BCUT2D eigenvalue weighted by atomic mass is 35.5. The average Bonchev–Trinajstić information content (AvgIpc) is 3.17. The SMILES string of the molecule is COC(c1ccc(Cl)cc1Cl)C(C)NC(=O)c1c(C(N)=O)cccc1-c1cn(C)nc1C(F)F. The van der Waals surface area contributed by atoms with Crippen molar-refractivity contribution in [2.45, 2.75) is 25.5 Å². The Morgan fingerprint density at radius 3 is 2.47 bits per heavy atom. The zero-order valence-corrected chi connectivity index (χ0v) is 20.0. The number of carbonyl (C=O) groups is 2. The molecule has 3 rings (SSSR count). The molecule has 7 nitrogen and oxygen atoms in total. The molecule has 0 fully saturated rings. The smallest absolute Gasteiger partial charge is 0.282 e. The van der Waals surface area contributed by atoms with Crippen molar-refractivity contribution in [2.75, 3.05) is 7.11 Å². The molecule has 3 aromatic rings. The summed E-state index contributed by atoms with van der Waals surface area (Å²) in [5.41, 5.74) is 5.41. The number of ether oxygens (including phenoxy) is 1. The van der Waals surface area contributed by atoms with Crippen LogP contribution in [0.1, 0.15) is 51.4 Å². The van der Waals surface area contributed by atoms with Gasteiger partial charge >= 0.3 is 0 Å². The molecule has 0 aliphatic rings. The molecule has 2 atom stereocenters. The van der Waals surface area contributed by atoms with E-state index in [4.69, 9.17) is 33.7 Å². The third kappa shape index (κ3) is 5.22. The predicted molar refractivity (Wildman–Crippen MR) is 125 cm³/mol. The van der Waals surface area contributed by atoms with E-state index < -0.39 is 36.1 Å². The molecule has 1 heterocycles. The number of aryl methyl sites for hydroxylation is 1. The van der Waals surface area contributed by atoms with Crippen LogP contribution in [0.3, 0.4) is 0 Å². The van der Waals surface area contributed by atoms with Crippen LogP contribution in [0.2, 0.25) is 10.0 Å². The van der Waals surface area contributed by atoms with Crippen LogP contribution in [0.15, 0.2) is 42.6 Å². The molecule has 0 saturated heterocycles. The number of hydrogen-bond donors (Lipinski definition) is 2. The molecule has 2 amide bonds. The van der Waals surface area contributed by atoms with Gasteiger partial charge in [-0.15, -0.1) is 0 Å². The summed E-state index contributed by atoms with van der Waals surface area (Å²) in [6, 6.07) is 8.49. The third-order valence-corrected chi connectivity index (χ3v) is 5.81. The van der Waals surface area contributed by atoms with Crippen molar-refractivity contribution in [1.82, 2.24) is 15.1 Å². The fraction of sp³-hybridized carbons (Fsp3) is 0.261. The molecule has 0 radical (unpaired) electrons. The maximum absolute atomic E-state index is 13.6. The first-order valence-electron chi connectivity index (χ1n) is 10.1. The number of halogens is 4. The molecule has 3 N–H and O–H groups in total. The van der Waals surface area contributed by atoms with Crippen molar-refractivity contribution in [2.24, 2.45) is 12.8 Å². The summed E-state index contributed by atoms with van der Waals surface area (Å²) < 4.78 is 34.0. The molecular formula is C23H22Cl2F2N4O3. The van der Waals surface area contributed by atoms with Crippen LogP contribution >= 0.6 is 23.2 Å². The van der Waals surface area contributed by atoms with E-state index in [9.17, 15) is 18.4 Å². The number of hydrogen-bond acceptors (Lipinski definition) is 4. The highest BCUT2D eigenvalue weighted by Gasteiger charge is 2.29. The second kappa shape index (κ2) is 10.5. The maximum Gasteiger partial charge on any atom is 0.282 e. The van der Waals surface area contributed by atoms with Crippen molar-refractivity contribution >= 4 is 35.0 Å². The van der Waals surface area contributed by atoms with Crippen molar-refractivity contribution in [3.05, 3.63) is 75.0 Å². The lowest BCUT2D eigenvalue weighted by atomic mass is 9.94. The number of nitrogens with zero attached hydrogens (tertiary/aromatic N) is 2. The van der Waals surface area contributed by atoms with Crippen LogP contribution < -0.4 is 11.1 Å². The second-order valence-corrected chi connectivity index (χ2v) is 8.42. The number of carbonyl (C=O) groups excluding carboxylic acids is 2. The minimum Gasteiger partial charge on any atom is -0.375 e. The van der Waals surface area contributed by atoms with E-state index in [2.05, 4.69) is 10.4 Å². The molecule has 0 aliphatic carbocycles. The predicted octanol–water partition coefficient (Wildman–Crippen LogP) is 4.94. The molecule has 0 bridgehead atoms. The summed E-state index contributed by atoms with van der Waals surface area (Å²) in [4.78, 5) is 25.5. The van der Waals surface area contributed by atoms with Gasteiger partial charge in [0, 0.05) is 41.5 Å². The zero-order chi connectivity index (χ0) is 25.2. The maximum atomic E-state index is 13.6.